The molecule has 0 amide bonds. The molecule has 0 aliphatic rings. The molecular weight excluding hydrogens is 192 g/mol. The van der Waals surface area contributed by atoms with Crippen molar-refractivity contribution in [2.45, 2.75) is 39.3 Å². The quantitative estimate of drug-likeness (QED) is 0.727. The van der Waals surface area contributed by atoms with Crippen molar-refractivity contribution in [2.75, 3.05) is 13.7 Å². The van der Waals surface area contributed by atoms with Gasteiger partial charge in [-0.1, -0.05) is 0 Å². The summed E-state index contributed by atoms with van der Waals surface area (Å²) in [6.45, 7) is 6.93. The van der Waals surface area contributed by atoms with Gasteiger partial charge in [0.2, 0.25) is 0 Å². The number of aryl methyl sites for hydroxylation is 1. The molecule has 0 fully saturated rings. The first-order valence-corrected chi connectivity index (χ1v) is 5.27. The minimum atomic E-state index is 0.221. The third-order valence-corrected chi connectivity index (χ3v) is 2.53. The van der Waals surface area contributed by atoms with Crippen molar-refractivity contribution in [3.63, 3.8) is 0 Å². The first-order valence-electron chi connectivity index (χ1n) is 5.27. The summed E-state index contributed by atoms with van der Waals surface area (Å²) in [4.78, 5) is 4.23. The molecular formula is C10H20N4O. The zero-order valence-corrected chi connectivity index (χ0v) is 9.87. The Labute approximate surface area is 90.6 Å². The van der Waals surface area contributed by atoms with Gasteiger partial charge >= 0.3 is 0 Å². The van der Waals surface area contributed by atoms with E-state index in [0.717, 1.165) is 24.6 Å². The molecule has 86 valence electrons. The molecule has 2 unspecified atom stereocenters. The first-order chi connectivity index (χ1) is 7.13. The van der Waals surface area contributed by atoms with E-state index >= 15 is 0 Å². The lowest BCUT2D eigenvalue weighted by molar-refractivity contribution is 0.0889. The SMILES string of the molecule is COC(C)C(C)NCCc1n[nH]c(C)n1. The molecule has 0 radical (unpaired) electrons. The van der Waals surface area contributed by atoms with Crippen LogP contribution < -0.4 is 5.32 Å². The molecule has 0 aromatic carbocycles. The largest absolute Gasteiger partial charge is 0.380 e. The molecule has 15 heavy (non-hydrogen) atoms. The Bertz CT molecular complexity index is 287. The van der Waals surface area contributed by atoms with Gasteiger partial charge in [-0.3, -0.25) is 5.10 Å². The Hall–Kier alpha value is -0.940. The van der Waals surface area contributed by atoms with E-state index in [1.54, 1.807) is 7.11 Å². The van der Waals surface area contributed by atoms with E-state index in [2.05, 4.69) is 34.3 Å². The van der Waals surface area contributed by atoms with E-state index in [-0.39, 0.29) is 6.10 Å². The molecule has 2 atom stereocenters. The number of nitrogens with zero attached hydrogens (tertiary/aromatic N) is 2. The zero-order valence-electron chi connectivity index (χ0n) is 9.87. The molecule has 0 saturated carbocycles. The fourth-order valence-electron chi connectivity index (χ4n) is 1.28. The van der Waals surface area contributed by atoms with Gasteiger partial charge in [0.25, 0.3) is 0 Å². The second-order valence-electron chi connectivity index (χ2n) is 3.77. The summed E-state index contributed by atoms with van der Waals surface area (Å²) in [5.41, 5.74) is 0. The summed E-state index contributed by atoms with van der Waals surface area (Å²) < 4.78 is 5.22. The van der Waals surface area contributed by atoms with Gasteiger partial charge in [-0.25, -0.2) is 4.98 Å². The molecule has 1 aromatic heterocycles. The highest BCUT2D eigenvalue weighted by atomic mass is 16.5. The Balaban J connectivity index is 2.21. The van der Waals surface area contributed by atoms with Crippen LogP contribution in [0.5, 0.6) is 0 Å². The number of hydrogen-bond donors (Lipinski definition) is 2. The predicted molar refractivity (Wildman–Crippen MR) is 58.8 cm³/mol. The average Bonchev–Trinajstić information content (AvgIpc) is 2.63. The molecule has 0 aliphatic carbocycles. The van der Waals surface area contributed by atoms with Gasteiger partial charge in [0.05, 0.1) is 6.10 Å². The van der Waals surface area contributed by atoms with Crippen molar-refractivity contribution in [1.82, 2.24) is 20.5 Å². The number of aromatic nitrogens is 3. The van der Waals surface area contributed by atoms with Gasteiger partial charge in [-0.2, -0.15) is 5.10 Å². The fourth-order valence-corrected chi connectivity index (χ4v) is 1.28. The Morgan fingerprint density at radius 1 is 1.47 bits per heavy atom. The van der Waals surface area contributed by atoms with E-state index in [0.29, 0.717) is 6.04 Å². The molecule has 1 rings (SSSR count). The topological polar surface area (TPSA) is 62.8 Å². The van der Waals surface area contributed by atoms with Crippen molar-refractivity contribution >= 4 is 0 Å². The van der Waals surface area contributed by atoms with Crippen LogP contribution in [0.2, 0.25) is 0 Å². The highest BCUT2D eigenvalue weighted by molar-refractivity contribution is 4.88. The lowest BCUT2D eigenvalue weighted by atomic mass is 10.2. The molecule has 1 aromatic rings. The number of H-pyrrole nitrogens is 1. The number of rotatable bonds is 6. The number of methoxy groups -OCH3 is 1. The van der Waals surface area contributed by atoms with Gasteiger partial charge in [0.1, 0.15) is 5.82 Å². The first kappa shape index (κ1) is 12.1. The van der Waals surface area contributed by atoms with Crippen LogP contribution in [0.3, 0.4) is 0 Å². The maximum Gasteiger partial charge on any atom is 0.151 e. The number of ether oxygens (including phenoxy) is 1. The van der Waals surface area contributed by atoms with Gasteiger partial charge in [-0.15, -0.1) is 0 Å². The van der Waals surface area contributed by atoms with Crippen LogP contribution in [-0.2, 0) is 11.2 Å². The Kier molecular flexibility index (Phi) is 4.71. The normalized spacial score (nSPS) is 15.2. The van der Waals surface area contributed by atoms with Crippen LogP contribution in [0.4, 0.5) is 0 Å². The minimum absolute atomic E-state index is 0.221. The van der Waals surface area contributed by atoms with Crippen LogP contribution in [0.25, 0.3) is 0 Å². The Morgan fingerprint density at radius 3 is 2.73 bits per heavy atom. The van der Waals surface area contributed by atoms with Crippen molar-refractivity contribution in [3.05, 3.63) is 11.6 Å². The summed E-state index contributed by atoms with van der Waals surface area (Å²) in [6, 6.07) is 0.343. The van der Waals surface area contributed by atoms with Crippen molar-refractivity contribution in [2.24, 2.45) is 0 Å². The zero-order chi connectivity index (χ0) is 11.3. The van der Waals surface area contributed by atoms with Gasteiger partial charge in [0.15, 0.2) is 5.82 Å². The summed E-state index contributed by atoms with van der Waals surface area (Å²) in [7, 11) is 1.72. The molecule has 2 N–H and O–H groups in total. The van der Waals surface area contributed by atoms with Gasteiger partial charge < -0.3 is 10.1 Å². The van der Waals surface area contributed by atoms with E-state index in [4.69, 9.17) is 4.74 Å². The third kappa shape index (κ3) is 3.97. The molecule has 0 spiro atoms. The van der Waals surface area contributed by atoms with E-state index < -0.39 is 0 Å². The van der Waals surface area contributed by atoms with Crippen molar-refractivity contribution < 1.29 is 4.74 Å². The van der Waals surface area contributed by atoms with Crippen LogP contribution in [0, 0.1) is 6.92 Å². The highest BCUT2D eigenvalue weighted by Crippen LogP contribution is 1.96. The smallest absolute Gasteiger partial charge is 0.151 e. The lowest BCUT2D eigenvalue weighted by Crippen LogP contribution is -2.37. The van der Waals surface area contributed by atoms with Gasteiger partial charge in [-0.05, 0) is 20.8 Å². The third-order valence-electron chi connectivity index (χ3n) is 2.53. The van der Waals surface area contributed by atoms with E-state index in [1.165, 1.54) is 0 Å². The monoisotopic (exact) mass is 212 g/mol. The number of aromatic amines is 1. The fraction of sp³-hybridized carbons (Fsp3) is 0.800. The maximum absolute atomic E-state index is 5.22. The second-order valence-corrected chi connectivity index (χ2v) is 3.77. The number of hydrogen-bond acceptors (Lipinski definition) is 4. The summed E-state index contributed by atoms with van der Waals surface area (Å²) in [5.74, 6) is 1.72. The Morgan fingerprint density at radius 2 is 2.20 bits per heavy atom. The van der Waals surface area contributed by atoms with Crippen LogP contribution in [0.15, 0.2) is 0 Å². The number of nitrogens with one attached hydrogen (secondary N) is 2. The predicted octanol–water partition coefficient (Wildman–Crippen LogP) is 0.669. The molecule has 1 heterocycles. The van der Waals surface area contributed by atoms with Gasteiger partial charge in [0, 0.05) is 26.1 Å². The summed E-state index contributed by atoms with van der Waals surface area (Å²) in [6.07, 6.45) is 1.06. The molecule has 0 saturated heterocycles. The molecule has 5 nitrogen and oxygen atoms in total. The standard InChI is InChI=1S/C10H20N4O/c1-7(8(2)15-4)11-6-5-10-12-9(3)13-14-10/h7-8,11H,5-6H2,1-4H3,(H,12,13,14). The lowest BCUT2D eigenvalue weighted by Gasteiger charge is -2.19. The van der Waals surface area contributed by atoms with E-state index in [1.807, 2.05) is 6.92 Å². The molecule has 0 bridgehead atoms. The minimum Gasteiger partial charge on any atom is -0.380 e. The van der Waals surface area contributed by atoms with E-state index in [9.17, 15) is 0 Å². The summed E-state index contributed by atoms with van der Waals surface area (Å²) >= 11 is 0. The van der Waals surface area contributed by atoms with Crippen molar-refractivity contribution in [1.29, 1.82) is 0 Å². The van der Waals surface area contributed by atoms with Crippen molar-refractivity contribution in [3.8, 4) is 0 Å². The highest BCUT2D eigenvalue weighted by Gasteiger charge is 2.10. The second kappa shape index (κ2) is 5.82. The van der Waals surface area contributed by atoms with Crippen LogP contribution in [-0.4, -0.2) is 41.0 Å². The van der Waals surface area contributed by atoms with Crippen LogP contribution >= 0.6 is 0 Å². The van der Waals surface area contributed by atoms with Crippen LogP contribution in [0.1, 0.15) is 25.5 Å². The molecule has 5 heteroatoms. The molecule has 0 aliphatic heterocycles. The maximum atomic E-state index is 5.22. The summed E-state index contributed by atoms with van der Waals surface area (Å²) in [5, 5.41) is 10.3. The average molecular weight is 212 g/mol.